The summed E-state index contributed by atoms with van der Waals surface area (Å²) in [5.74, 6) is 1.19. The Labute approximate surface area is 152 Å². The van der Waals surface area contributed by atoms with Crippen molar-refractivity contribution in [2.24, 2.45) is 0 Å². The van der Waals surface area contributed by atoms with Gasteiger partial charge in [-0.3, -0.25) is 4.79 Å². The molecule has 134 valence electrons. The molecule has 26 heavy (non-hydrogen) atoms. The maximum Gasteiger partial charge on any atom is 0.254 e. The van der Waals surface area contributed by atoms with Crippen molar-refractivity contribution in [1.29, 1.82) is 0 Å². The smallest absolute Gasteiger partial charge is 0.254 e. The van der Waals surface area contributed by atoms with Crippen molar-refractivity contribution >= 4 is 5.91 Å². The van der Waals surface area contributed by atoms with E-state index in [1.54, 1.807) is 28.8 Å². The van der Waals surface area contributed by atoms with E-state index in [1.165, 1.54) is 0 Å². The number of rotatable bonds is 7. The highest BCUT2D eigenvalue weighted by molar-refractivity contribution is 5.94. The molecule has 0 saturated carbocycles. The molecule has 2 aromatic carbocycles. The van der Waals surface area contributed by atoms with Crippen LogP contribution in [0.1, 0.15) is 28.7 Å². The molecule has 3 aromatic rings. The van der Waals surface area contributed by atoms with Gasteiger partial charge in [0.25, 0.3) is 5.91 Å². The Bertz CT molecular complexity index is 863. The molecule has 7 nitrogen and oxygen atoms in total. The number of amides is 1. The fourth-order valence-corrected chi connectivity index (χ4v) is 2.59. The molecule has 1 amide bonds. The summed E-state index contributed by atoms with van der Waals surface area (Å²) in [6.07, 6.45) is 0. The Balaban J connectivity index is 1.65. The van der Waals surface area contributed by atoms with Gasteiger partial charge < -0.3 is 9.64 Å². The highest BCUT2D eigenvalue weighted by Gasteiger charge is 2.13. The number of aryl methyl sites for hydroxylation is 1. The minimum atomic E-state index is -0.0577. The molecule has 0 N–H and O–H groups in total. The highest BCUT2D eigenvalue weighted by atomic mass is 16.5. The van der Waals surface area contributed by atoms with Crippen LogP contribution in [0.5, 0.6) is 5.75 Å². The lowest BCUT2D eigenvalue weighted by molar-refractivity contribution is 0.0784. The van der Waals surface area contributed by atoms with Gasteiger partial charge in [0.15, 0.2) is 5.82 Å². The minimum absolute atomic E-state index is 0.0577. The summed E-state index contributed by atoms with van der Waals surface area (Å²) in [6.45, 7) is 3.44. The molecular weight excluding hydrogens is 330 g/mol. The first-order chi connectivity index (χ1) is 12.7. The third-order valence-corrected chi connectivity index (χ3v) is 3.96. The molecule has 0 unspecified atom stereocenters. The SMILES string of the molecule is CCn1nnnc1COc1cccc(C(=O)N(C)Cc2ccccc2)c1. The maximum atomic E-state index is 12.7. The quantitative estimate of drug-likeness (QED) is 0.654. The normalized spacial score (nSPS) is 10.5. The molecule has 0 spiro atoms. The van der Waals surface area contributed by atoms with E-state index in [-0.39, 0.29) is 12.5 Å². The summed E-state index contributed by atoms with van der Waals surface area (Å²) in [5.41, 5.74) is 1.66. The van der Waals surface area contributed by atoms with Crippen molar-refractivity contribution in [2.75, 3.05) is 7.05 Å². The van der Waals surface area contributed by atoms with E-state index in [9.17, 15) is 4.79 Å². The zero-order valence-corrected chi connectivity index (χ0v) is 14.9. The van der Waals surface area contributed by atoms with Crippen LogP contribution in [0.25, 0.3) is 0 Å². The summed E-state index contributed by atoms with van der Waals surface area (Å²) in [7, 11) is 1.79. The first kappa shape index (κ1) is 17.6. The number of hydrogen-bond acceptors (Lipinski definition) is 5. The number of tetrazole rings is 1. The van der Waals surface area contributed by atoms with Crippen LogP contribution in [0.4, 0.5) is 0 Å². The van der Waals surface area contributed by atoms with Crippen LogP contribution in [0.15, 0.2) is 54.6 Å². The van der Waals surface area contributed by atoms with Crippen molar-refractivity contribution in [3.8, 4) is 5.75 Å². The number of ether oxygens (including phenoxy) is 1. The number of carbonyl (C=O) groups excluding carboxylic acids is 1. The Hall–Kier alpha value is -3.22. The van der Waals surface area contributed by atoms with Crippen LogP contribution in [-0.4, -0.2) is 38.1 Å². The van der Waals surface area contributed by atoms with E-state index in [0.717, 1.165) is 5.56 Å². The summed E-state index contributed by atoms with van der Waals surface area (Å²) >= 11 is 0. The van der Waals surface area contributed by atoms with E-state index in [1.807, 2.05) is 49.4 Å². The van der Waals surface area contributed by atoms with E-state index in [0.29, 0.717) is 30.2 Å². The first-order valence-corrected chi connectivity index (χ1v) is 8.44. The van der Waals surface area contributed by atoms with Crippen molar-refractivity contribution in [3.05, 3.63) is 71.5 Å². The highest BCUT2D eigenvalue weighted by Crippen LogP contribution is 2.17. The fourth-order valence-electron chi connectivity index (χ4n) is 2.59. The Morgan fingerprint density at radius 1 is 1.15 bits per heavy atom. The summed E-state index contributed by atoms with van der Waals surface area (Å²) < 4.78 is 7.42. The van der Waals surface area contributed by atoms with Crippen LogP contribution in [0.3, 0.4) is 0 Å². The molecule has 3 rings (SSSR count). The third-order valence-electron chi connectivity index (χ3n) is 3.96. The van der Waals surface area contributed by atoms with E-state index in [2.05, 4.69) is 15.5 Å². The largest absolute Gasteiger partial charge is 0.486 e. The molecular formula is C19H21N5O2. The third kappa shape index (κ3) is 4.24. The van der Waals surface area contributed by atoms with Crippen LogP contribution in [-0.2, 0) is 19.7 Å². The molecule has 0 bridgehead atoms. The number of carbonyl (C=O) groups is 1. The van der Waals surface area contributed by atoms with Gasteiger partial charge in [0.1, 0.15) is 12.4 Å². The summed E-state index contributed by atoms with van der Waals surface area (Å²) in [5, 5.41) is 11.4. The first-order valence-electron chi connectivity index (χ1n) is 8.44. The van der Waals surface area contributed by atoms with Gasteiger partial charge in [-0.25, -0.2) is 4.68 Å². The second-order valence-corrected chi connectivity index (χ2v) is 5.87. The van der Waals surface area contributed by atoms with Gasteiger partial charge >= 0.3 is 0 Å². The Morgan fingerprint density at radius 3 is 2.73 bits per heavy atom. The number of nitrogens with zero attached hydrogens (tertiary/aromatic N) is 5. The predicted molar refractivity (Wildman–Crippen MR) is 96.5 cm³/mol. The molecule has 0 aliphatic heterocycles. The van der Waals surface area contributed by atoms with E-state index < -0.39 is 0 Å². The minimum Gasteiger partial charge on any atom is -0.486 e. The van der Waals surface area contributed by atoms with Crippen LogP contribution in [0.2, 0.25) is 0 Å². The molecule has 0 saturated heterocycles. The van der Waals surface area contributed by atoms with Crippen LogP contribution < -0.4 is 4.74 Å². The van der Waals surface area contributed by atoms with Gasteiger partial charge in [-0.05, 0) is 41.1 Å². The lowest BCUT2D eigenvalue weighted by atomic mass is 10.1. The molecule has 0 radical (unpaired) electrons. The molecule has 7 heteroatoms. The number of benzene rings is 2. The molecule has 1 heterocycles. The van der Waals surface area contributed by atoms with E-state index in [4.69, 9.17) is 4.74 Å². The van der Waals surface area contributed by atoms with Crippen molar-refractivity contribution in [1.82, 2.24) is 25.1 Å². The second kappa shape index (κ2) is 8.24. The van der Waals surface area contributed by atoms with Gasteiger partial charge in [0.2, 0.25) is 0 Å². The van der Waals surface area contributed by atoms with E-state index >= 15 is 0 Å². The summed E-state index contributed by atoms with van der Waals surface area (Å²) in [6, 6.07) is 17.0. The lowest BCUT2D eigenvalue weighted by Crippen LogP contribution is -2.26. The monoisotopic (exact) mass is 351 g/mol. The number of aromatic nitrogens is 4. The Morgan fingerprint density at radius 2 is 1.96 bits per heavy atom. The molecule has 1 aromatic heterocycles. The zero-order valence-electron chi connectivity index (χ0n) is 14.9. The van der Waals surface area contributed by atoms with Crippen molar-refractivity contribution in [2.45, 2.75) is 26.6 Å². The predicted octanol–water partition coefficient (Wildman–Crippen LogP) is 2.54. The fraction of sp³-hybridized carbons (Fsp3) is 0.263. The van der Waals surface area contributed by atoms with Gasteiger partial charge in [-0.15, -0.1) is 5.10 Å². The molecule has 0 fully saturated rings. The van der Waals surface area contributed by atoms with Gasteiger partial charge in [-0.2, -0.15) is 0 Å². The van der Waals surface area contributed by atoms with Crippen molar-refractivity contribution < 1.29 is 9.53 Å². The second-order valence-electron chi connectivity index (χ2n) is 5.87. The van der Waals surface area contributed by atoms with Crippen molar-refractivity contribution in [3.63, 3.8) is 0 Å². The van der Waals surface area contributed by atoms with Gasteiger partial charge in [0, 0.05) is 25.7 Å². The van der Waals surface area contributed by atoms with Crippen LogP contribution in [0, 0.1) is 0 Å². The van der Waals surface area contributed by atoms with Crippen LogP contribution >= 0.6 is 0 Å². The standard InChI is InChI=1S/C19H21N5O2/c1-3-24-18(20-21-22-24)14-26-17-11-7-10-16(12-17)19(25)23(2)13-15-8-5-4-6-9-15/h4-12H,3,13-14H2,1-2H3. The number of hydrogen-bond donors (Lipinski definition) is 0. The van der Waals surface area contributed by atoms with Gasteiger partial charge in [-0.1, -0.05) is 36.4 Å². The Kier molecular flexibility index (Phi) is 5.58. The average molecular weight is 351 g/mol. The summed E-state index contributed by atoms with van der Waals surface area (Å²) in [4.78, 5) is 14.4. The van der Waals surface area contributed by atoms with Gasteiger partial charge in [0.05, 0.1) is 0 Å². The molecule has 0 atom stereocenters. The molecule has 0 aliphatic rings. The molecule has 0 aliphatic carbocycles. The zero-order chi connectivity index (χ0) is 18.4. The average Bonchev–Trinajstić information content (AvgIpc) is 3.14. The lowest BCUT2D eigenvalue weighted by Gasteiger charge is -2.18. The topological polar surface area (TPSA) is 73.1 Å². The maximum absolute atomic E-state index is 12.7.